The third-order valence-electron chi connectivity index (χ3n) is 14.4. The van der Waals surface area contributed by atoms with Crippen LogP contribution in [0.1, 0.15) is 213 Å². The van der Waals surface area contributed by atoms with E-state index in [1.165, 1.54) is 70.6 Å². The third kappa shape index (κ3) is 33.5. The largest absolute Gasteiger partial charge is 0.394 e. The molecule has 444 valence electrons. The summed E-state index contributed by atoms with van der Waals surface area (Å²) in [6, 6.07) is -0.840. The van der Waals surface area contributed by atoms with Gasteiger partial charge in [-0.3, -0.25) is 4.79 Å². The summed E-state index contributed by atoms with van der Waals surface area (Å²) in [5.74, 6) is -0.221. The predicted molar refractivity (Wildman–Crippen MR) is 309 cm³/mol. The fraction of sp³-hybridized carbons (Fsp3) is 0.762. The van der Waals surface area contributed by atoms with Crippen molar-refractivity contribution in [3.05, 3.63) is 85.1 Å². The summed E-state index contributed by atoms with van der Waals surface area (Å²) < 4.78 is 22.8. The number of nitrogens with one attached hydrogen (secondary N) is 1. The number of unbranched alkanes of at least 4 members (excludes halogenated alkanes) is 20. The van der Waals surface area contributed by atoms with Crippen molar-refractivity contribution in [1.82, 2.24) is 5.32 Å². The van der Waals surface area contributed by atoms with Gasteiger partial charge in [-0.05, 0) is 70.6 Å². The molecule has 9 N–H and O–H groups in total. The van der Waals surface area contributed by atoms with Gasteiger partial charge in [-0.25, -0.2) is 0 Å². The van der Waals surface area contributed by atoms with E-state index in [0.29, 0.717) is 12.8 Å². The molecule has 0 aromatic carbocycles. The van der Waals surface area contributed by atoms with Crippen molar-refractivity contribution >= 4 is 5.91 Å². The molecular formula is C63H109NO13. The minimum Gasteiger partial charge on any atom is -0.394 e. The number of aliphatic hydroxyl groups excluding tert-OH is 8. The van der Waals surface area contributed by atoms with Crippen molar-refractivity contribution in [2.45, 2.75) is 286 Å². The Morgan fingerprint density at radius 2 is 0.896 bits per heavy atom. The van der Waals surface area contributed by atoms with Gasteiger partial charge in [0.05, 0.1) is 32.0 Å². The number of aliphatic hydroxyl groups is 8. The molecule has 2 heterocycles. The lowest BCUT2D eigenvalue weighted by atomic mass is 9.97. The first-order valence-corrected chi connectivity index (χ1v) is 30.3. The monoisotopic (exact) mass is 1090 g/mol. The van der Waals surface area contributed by atoms with Crippen LogP contribution in [0.2, 0.25) is 0 Å². The maximum absolute atomic E-state index is 13.3. The van der Waals surface area contributed by atoms with Gasteiger partial charge in [0.2, 0.25) is 5.91 Å². The van der Waals surface area contributed by atoms with E-state index in [0.717, 1.165) is 109 Å². The van der Waals surface area contributed by atoms with Gasteiger partial charge in [0, 0.05) is 6.42 Å². The molecule has 0 aromatic heterocycles. The van der Waals surface area contributed by atoms with Gasteiger partial charge in [0.1, 0.15) is 48.8 Å². The molecule has 14 nitrogen and oxygen atoms in total. The second-order valence-electron chi connectivity index (χ2n) is 21.1. The summed E-state index contributed by atoms with van der Waals surface area (Å²) in [5.41, 5.74) is 0. The van der Waals surface area contributed by atoms with Crippen molar-refractivity contribution in [2.24, 2.45) is 0 Å². The van der Waals surface area contributed by atoms with E-state index in [-0.39, 0.29) is 18.9 Å². The highest BCUT2D eigenvalue weighted by molar-refractivity contribution is 5.76. The quantitative estimate of drug-likeness (QED) is 0.0204. The Morgan fingerprint density at radius 1 is 0.481 bits per heavy atom. The van der Waals surface area contributed by atoms with Crippen molar-refractivity contribution in [3.63, 3.8) is 0 Å². The van der Waals surface area contributed by atoms with E-state index in [4.69, 9.17) is 18.9 Å². The molecule has 0 spiro atoms. The highest BCUT2D eigenvalue weighted by Gasteiger charge is 2.51. The Labute approximate surface area is 465 Å². The van der Waals surface area contributed by atoms with Gasteiger partial charge in [-0.1, -0.05) is 221 Å². The summed E-state index contributed by atoms with van der Waals surface area (Å²) in [6.45, 7) is 2.73. The van der Waals surface area contributed by atoms with E-state index in [9.17, 15) is 45.6 Å². The van der Waals surface area contributed by atoms with E-state index < -0.39 is 86.8 Å². The summed E-state index contributed by atoms with van der Waals surface area (Å²) in [5, 5.41) is 87.2. The molecule has 0 aromatic rings. The molecule has 14 heteroatoms. The fourth-order valence-corrected chi connectivity index (χ4v) is 9.51. The van der Waals surface area contributed by atoms with Crippen LogP contribution in [-0.4, -0.2) is 140 Å². The molecule has 1 amide bonds. The zero-order valence-corrected chi connectivity index (χ0v) is 47.7. The van der Waals surface area contributed by atoms with Crippen molar-refractivity contribution in [3.8, 4) is 0 Å². The number of hydrogen-bond donors (Lipinski definition) is 9. The van der Waals surface area contributed by atoms with Gasteiger partial charge in [-0.2, -0.15) is 0 Å². The van der Waals surface area contributed by atoms with Crippen LogP contribution < -0.4 is 5.32 Å². The Hall–Kier alpha value is -2.83. The summed E-state index contributed by atoms with van der Waals surface area (Å²) in [6.07, 6.45) is 47.2. The molecule has 2 aliphatic heterocycles. The maximum atomic E-state index is 13.3. The van der Waals surface area contributed by atoms with Crippen LogP contribution in [0.4, 0.5) is 0 Å². The molecule has 0 aliphatic carbocycles. The summed E-state index contributed by atoms with van der Waals surface area (Å²) >= 11 is 0. The Kier molecular flexibility index (Phi) is 43.7. The first-order chi connectivity index (χ1) is 37.6. The summed E-state index contributed by atoms with van der Waals surface area (Å²) in [4.78, 5) is 13.3. The number of carbonyl (C=O) groups is 1. The standard InChI is InChI=1S/C63H109NO13/c1-3-5-7-9-11-13-15-17-19-20-21-22-23-24-25-26-27-28-29-30-31-32-33-35-37-39-41-43-45-47-55(68)64-51(52(67)46-44-42-40-38-36-34-18-16-14-12-10-8-6-4-2)50-74-62-60(73)58(71)61(54(49-66)76-62)77-63-59(72)57(70)56(69)53(48-65)75-63/h5,7,11,13,17,19,21-22,24-25,27-28,30-31,51-54,56-63,65-67,69-73H,3-4,6,8-10,12,14-16,18,20,23,26,29,32-50H2,1-2H3,(H,64,68)/b7-5-,13-11-,19-17-,22-21-,25-24-,28-27-,31-30-. The number of ether oxygens (including phenoxy) is 4. The minimum absolute atomic E-state index is 0.221. The van der Waals surface area contributed by atoms with Crippen molar-refractivity contribution in [1.29, 1.82) is 0 Å². The molecule has 2 aliphatic rings. The molecule has 0 radical (unpaired) electrons. The number of rotatable bonds is 47. The lowest BCUT2D eigenvalue weighted by Crippen LogP contribution is -2.65. The first-order valence-electron chi connectivity index (χ1n) is 30.3. The van der Waals surface area contributed by atoms with Crippen LogP contribution in [0.25, 0.3) is 0 Å². The molecule has 0 bridgehead atoms. The van der Waals surface area contributed by atoms with Crippen LogP contribution in [0.3, 0.4) is 0 Å². The molecule has 2 saturated heterocycles. The van der Waals surface area contributed by atoms with Crippen molar-refractivity contribution in [2.75, 3.05) is 19.8 Å². The Balaban J connectivity index is 1.72. The summed E-state index contributed by atoms with van der Waals surface area (Å²) in [7, 11) is 0. The lowest BCUT2D eigenvalue weighted by molar-refractivity contribution is -0.359. The average Bonchev–Trinajstić information content (AvgIpc) is 3.43. The van der Waals surface area contributed by atoms with Crippen LogP contribution >= 0.6 is 0 Å². The number of carbonyl (C=O) groups excluding carboxylic acids is 1. The Bertz CT molecular complexity index is 1610. The second-order valence-corrected chi connectivity index (χ2v) is 21.1. The smallest absolute Gasteiger partial charge is 0.220 e. The number of allylic oxidation sites excluding steroid dienone is 14. The first kappa shape index (κ1) is 70.3. The van der Waals surface area contributed by atoms with Crippen molar-refractivity contribution < 1.29 is 64.6 Å². The highest BCUT2D eigenvalue weighted by atomic mass is 16.7. The molecule has 12 atom stereocenters. The fourth-order valence-electron chi connectivity index (χ4n) is 9.51. The zero-order valence-electron chi connectivity index (χ0n) is 47.7. The minimum atomic E-state index is -1.79. The third-order valence-corrected chi connectivity index (χ3v) is 14.4. The molecule has 12 unspecified atom stereocenters. The van der Waals surface area contributed by atoms with E-state index in [1.54, 1.807) is 0 Å². The number of hydrogen-bond acceptors (Lipinski definition) is 13. The molecular weight excluding hydrogens is 979 g/mol. The SMILES string of the molecule is CC/C=C\C/C=C\C/C=C\C/C=C\C/C=C\C/C=C\C/C=C\CCCCCCCCCC(=O)NC(COC1OC(CO)C(OC2OC(CO)C(O)C(O)C2O)C(O)C1O)C(O)CCCCCCCCCCCCCCCC. The normalized spacial score (nSPS) is 25.3. The van der Waals surface area contributed by atoms with E-state index in [1.807, 2.05) is 0 Å². The predicted octanol–water partition coefficient (Wildman–Crippen LogP) is 10.5. The highest BCUT2D eigenvalue weighted by Crippen LogP contribution is 2.30. The van der Waals surface area contributed by atoms with Gasteiger partial charge >= 0.3 is 0 Å². The Morgan fingerprint density at radius 3 is 1.38 bits per heavy atom. The van der Waals surface area contributed by atoms with Gasteiger partial charge in [-0.15, -0.1) is 0 Å². The molecule has 2 fully saturated rings. The van der Waals surface area contributed by atoms with Gasteiger partial charge in [0.15, 0.2) is 12.6 Å². The zero-order chi connectivity index (χ0) is 56.0. The van der Waals surface area contributed by atoms with Gasteiger partial charge < -0.3 is 65.1 Å². The molecule has 2 rings (SSSR count). The molecule has 0 saturated carbocycles. The topological polar surface area (TPSA) is 228 Å². The van der Waals surface area contributed by atoms with Crippen LogP contribution in [-0.2, 0) is 23.7 Å². The van der Waals surface area contributed by atoms with E-state index >= 15 is 0 Å². The van der Waals surface area contributed by atoms with E-state index in [2.05, 4.69) is 104 Å². The lowest BCUT2D eigenvalue weighted by Gasteiger charge is -2.46. The van der Waals surface area contributed by atoms with Crippen LogP contribution in [0.5, 0.6) is 0 Å². The van der Waals surface area contributed by atoms with Gasteiger partial charge in [0.25, 0.3) is 0 Å². The van der Waals surface area contributed by atoms with Crippen LogP contribution in [0.15, 0.2) is 85.1 Å². The van der Waals surface area contributed by atoms with Crippen LogP contribution in [0, 0.1) is 0 Å². The maximum Gasteiger partial charge on any atom is 0.220 e. The number of amides is 1. The second kappa shape index (κ2) is 47.9. The molecule has 77 heavy (non-hydrogen) atoms. The average molecular weight is 1090 g/mol.